The van der Waals surface area contributed by atoms with Crippen LogP contribution in [0.2, 0.25) is 0 Å². The van der Waals surface area contributed by atoms with Crippen molar-refractivity contribution in [3.63, 3.8) is 0 Å². The molecular formula is C17H21N3O3. The lowest BCUT2D eigenvalue weighted by Gasteiger charge is -2.30. The van der Waals surface area contributed by atoms with Crippen molar-refractivity contribution in [3.05, 3.63) is 36.8 Å². The van der Waals surface area contributed by atoms with Crippen LogP contribution in [0.25, 0.3) is 11.3 Å². The molecule has 0 atom stereocenters. The van der Waals surface area contributed by atoms with Crippen LogP contribution in [-0.4, -0.2) is 53.9 Å². The zero-order chi connectivity index (χ0) is 16.2. The fraction of sp³-hybridized carbons (Fsp3) is 0.412. The lowest BCUT2D eigenvalue weighted by Crippen LogP contribution is -2.42. The molecule has 1 aliphatic rings. The van der Waals surface area contributed by atoms with Crippen molar-refractivity contribution in [1.82, 2.24) is 14.5 Å². The van der Waals surface area contributed by atoms with Crippen LogP contribution in [0.15, 0.2) is 36.8 Å². The van der Waals surface area contributed by atoms with Crippen LogP contribution >= 0.6 is 0 Å². The van der Waals surface area contributed by atoms with Crippen LogP contribution in [-0.2, 0) is 4.74 Å². The predicted molar refractivity (Wildman–Crippen MR) is 86.6 cm³/mol. The highest BCUT2D eigenvalue weighted by Gasteiger charge is 2.23. The minimum absolute atomic E-state index is 0.0656. The number of carbonyl (C=O) groups excluding carboxylic acids is 1. The summed E-state index contributed by atoms with van der Waals surface area (Å²) in [5.41, 5.74) is 1.72. The first-order valence-electron chi connectivity index (χ1n) is 7.72. The molecule has 3 rings (SSSR count). The molecule has 2 aromatic rings. The quantitative estimate of drug-likeness (QED) is 0.874. The highest BCUT2D eigenvalue weighted by molar-refractivity contribution is 5.78. The standard InChI is InChI=1S/C17H21N3O3/c1-19(14-7-9-23-10-8-14)17(21)20-11-16(18-12-20)13-3-5-15(22-2)6-4-13/h3-6,11-12,14H,7-10H2,1-2H3. The van der Waals surface area contributed by atoms with Crippen molar-refractivity contribution in [1.29, 1.82) is 0 Å². The van der Waals surface area contributed by atoms with Crippen molar-refractivity contribution in [3.8, 4) is 17.0 Å². The predicted octanol–water partition coefficient (Wildman–Crippen LogP) is 2.64. The number of amides is 1. The summed E-state index contributed by atoms with van der Waals surface area (Å²) in [5, 5.41) is 0. The second-order valence-electron chi connectivity index (χ2n) is 5.63. The fourth-order valence-corrected chi connectivity index (χ4v) is 2.75. The average Bonchev–Trinajstić information content (AvgIpc) is 3.11. The van der Waals surface area contributed by atoms with E-state index in [2.05, 4.69) is 4.98 Å². The third-order valence-electron chi connectivity index (χ3n) is 4.23. The molecule has 1 fully saturated rings. The topological polar surface area (TPSA) is 56.6 Å². The molecule has 1 aliphatic heterocycles. The Bertz CT molecular complexity index is 660. The minimum Gasteiger partial charge on any atom is -0.497 e. The van der Waals surface area contributed by atoms with Gasteiger partial charge in [0, 0.05) is 38.1 Å². The van der Waals surface area contributed by atoms with Crippen LogP contribution in [0, 0.1) is 0 Å². The van der Waals surface area contributed by atoms with Crippen molar-refractivity contribution < 1.29 is 14.3 Å². The van der Waals surface area contributed by atoms with Crippen molar-refractivity contribution in [2.75, 3.05) is 27.4 Å². The van der Waals surface area contributed by atoms with Gasteiger partial charge in [0.15, 0.2) is 0 Å². The molecule has 1 saturated heterocycles. The summed E-state index contributed by atoms with van der Waals surface area (Å²) in [6, 6.07) is 7.78. The molecule has 0 unspecified atom stereocenters. The fourth-order valence-electron chi connectivity index (χ4n) is 2.75. The maximum atomic E-state index is 12.6. The van der Waals surface area contributed by atoms with Gasteiger partial charge in [-0.3, -0.25) is 4.57 Å². The van der Waals surface area contributed by atoms with E-state index in [0.717, 1.165) is 29.8 Å². The van der Waals surface area contributed by atoms with Gasteiger partial charge in [-0.1, -0.05) is 0 Å². The molecule has 0 bridgehead atoms. The Kier molecular flexibility index (Phi) is 4.62. The minimum atomic E-state index is -0.0656. The third-order valence-corrected chi connectivity index (χ3v) is 4.23. The zero-order valence-electron chi connectivity index (χ0n) is 13.4. The van der Waals surface area contributed by atoms with Gasteiger partial charge in [0.1, 0.15) is 12.1 Å². The molecule has 6 nitrogen and oxygen atoms in total. The van der Waals surface area contributed by atoms with Crippen molar-refractivity contribution in [2.24, 2.45) is 0 Å². The van der Waals surface area contributed by atoms with E-state index in [1.807, 2.05) is 31.3 Å². The van der Waals surface area contributed by atoms with Crippen LogP contribution in [0.3, 0.4) is 0 Å². The molecule has 2 heterocycles. The number of imidazole rings is 1. The summed E-state index contributed by atoms with van der Waals surface area (Å²) in [6.45, 7) is 1.42. The summed E-state index contributed by atoms with van der Waals surface area (Å²) in [4.78, 5) is 18.7. The van der Waals surface area contributed by atoms with Gasteiger partial charge in [0.25, 0.3) is 0 Å². The van der Waals surface area contributed by atoms with Crippen LogP contribution in [0.4, 0.5) is 4.79 Å². The van der Waals surface area contributed by atoms with Crippen LogP contribution in [0.1, 0.15) is 12.8 Å². The Hall–Kier alpha value is -2.34. The van der Waals surface area contributed by atoms with Crippen LogP contribution in [0.5, 0.6) is 5.75 Å². The van der Waals surface area contributed by atoms with E-state index < -0.39 is 0 Å². The highest BCUT2D eigenvalue weighted by Crippen LogP contribution is 2.21. The summed E-state index contributed by atoms with van der Waals surface area (Å²) in [6.07, 6.45) is 5.09. The summed E-state index contributed by atoms with van der Waals surface area (Å²) < 4.78 is 12.0. The molecule has 23 heavy (non-hydrogen) atoms. The second-order valence-corrected chi connectivity index (χ2v) is 5.63. The number of benzene rings is 1. The van der Waals surface area contributed by atoms with E-state index >= 15 is 0 Å². The monoisotopic (exact) mass is 315 g/mol. The van der Waals surface area contributed by atoms with Gasteiger partial charge in [-0.25, -0.2) is 9.78 Å². The molecule has 1 aromatic heterocycles. The Morgan fingerprint density at radius 2 is 2.00 bits per heavy atom. The number of aromatic nitrogens is 2. The lowest BCUT2D eigenvalue weighted by atomic mass is 10.1. The number of carbonyl (C=O) groups is 1. The SMILES string of the molecule is COc1ccc(-c2cn(C(=O)N(C)C3CCOCC3)cn2)cc1. The average molecular weight is 315 g/mol. The molecule has 1 amide bonds. The molecule has 6 heteroatoms. The molecular weight excluding hydrogens is 294 g/mol. The third kappa shape index (κ3) is 3.37. The Balaban J connectivity index is 1.73. The normalized spacial score (nSPS) is 15.4. The Morgan fingerprint density at radius 1 is 1.30 bits per heavy atom. The largest absolute Gasteiger partial charge is 0.497 e. The number of ether oxygens (including phenoxy) is 2. The number of hydrogen-bond acceptors (Lipinski definition) is 4. The highest BCUT2D eigenvalue weighted by atomic mass is 16.5. The molecule has 0 aliphatic carbocycles. The summed E-state index contributed by atoms with van der Waals surface area (Å²) in [5.74, 6) is 0.795. The van der Waals surface area contributed by atoms with Gasteiger partial charge >= 0.3 is 6.03 Å². The van der Waals surface area contributed by atoms with Crippen molar-refractivity contribution in [2.45, 2.75) is 18.9 Å². The van der Waals surface area contributed by atoms with Gasteiger partial charge in [0.2, 0.25) is 0 Å². The lowest BCUT2D eigenvalue weighted by molar-refractivity contribution is 0.0528. The van der Waals surface area contributed by atoms with E-state index in [0.29, 0.717) is 13.2 Å². The summed E-state index contributed by atoms with van der Waals surface area (Å²) >= 11 is 0. The number of methoxy groups -OCH3 is 1. The van der Waals surface area contributed by atoms with Gasteiger partial charge in [-0.15, -0.1) is 0 Å². The Labute approximate surface area is 135 Å². The van der Waals surface area contributed by atoms with E-state index in [1.165, 1.54) is 4.57 Å². The number of hydrogen-bond donors (Lipinski definition) is 0. The van der Waals surface area contributed by atoms with E-state index in [4.69, 9.17) is 9.47 Å². The molecule has 0 saturated carbocycles. The Morgan fingerprint density at radius 3 is 2.65 bits per heavy atom. The number of nitrogens with zero attached hydrogens (tertiary/aromatic N) is 3. The maximum absolute atomic E-state index is 12.6. The van der Waals surface area contributed by atoms with Gasteiger partial charge < -0.3 is 14.4 Å². The van der Waals surface area contributed by atoms with E-state index in [-0.39, 0.29) is 12.1 Å². The van der Waals surface area contributed by atoms with Gasteiger partial charge in [0.05, 0.1) is 12.8 Å². The van der Waals surface area contributed by atoms with Crippen molar-refractivity contribution >= 4 is 6.03 Å². The van der Waals surface area contributed by atoms with E-state index in [1.54, 1.807) is 24.5 Å². The molecule has 1 aromatic carbocycles. The second kappa shape index (κ2) is 6.83. The number of rotatable bonds is 3. The first-order valence-corrected chi connectivity index (χ1v) is 7.72. The first kappa shape index (κ1) is 15.6. The summed E-state index contributed by atoms with van der Waals surface area (Å²) in [7, 11) is 3.47. The molecule has 0 radical (unpaired) electrons. The van der Waals surface area contributed by atoms with Crippen LogP contribution < -0.4 is 4.74 Å². The molecule has 0 N–H and O–H groups in total. The molecule has 122 valence electrons. The zero-order valence-corrected chi connectivity index (χ0v) is 13.4. The smallest absolute Gasteiger partial charge is 0.329 e. The maximum Gasteiger partial charge on any atom is 0.329 e. The van der Waals surface area contributed by atoms with Gasteiger partial charge in [-0.05, 0) is 37.1 Å². The van der Waals surface area contributed by atoms with Gasteiger partial charge in [-0.2, -0.15) is 0 Å². The molecule has 0 spiro atoms. The first-order chi connectivity index (χ1) is 11.2. The van der Waals surface area contributed by atoms with E-state index in [9.17, 15) is 4.79 Å².